The first-order valence-corrected chi connectivity index (χ1v) is 13.2. The van der Waals surface area contributed by atoms with Crippen molar-refractivity contribution in [2.45, 2.75) is 44.2 Å². The molecule has 2 fully saturated rings. The van der Waals surface area contributed by atoms with Gasteiger partial charge in [-0.05, 0) is 55.5 Å². The molecule has 2 aromatic carbocycles. The number of halogens is 3. The molecule has 7 nitrogen and oxygen atoms in total. The Morgan fingerprint density at radius 2 is 1.89 bits per heavy atom. The highest BCUT2D eigenvalue weighted by molar-refractivity contribution is 6.36. The van der Waals surface area contributed by atoms with Gasteiger partial charge in [-0.2, -0.15) is 0 Å². The molecule has 10 heteroatoms. The van der Waals surface area contributed by atoms with Gasteiger partial charge in [0.05, 0.1) is 23.5 Å². The summed E-state index contributed by atoms with van der Waals surface area (Å²) < 4.78 is 19.5. The third-order valence-electron chi connectivity index (χ3n) is 6.73. The summed E-state index contributed by atoms with van der Waals surface area (Å²) in [5.74, 6) is -0.273. The van der Waals surface area contributed by atoms with E-state index >= 15 is 0 Å². The van der Waals surface area contributed by atoms with Gasteiger partial charge in [0.25, 0.3) is 11.8 Å². The van der Waals surface area contributed by atoms with E-state index in [0.29, 0.717) is 33.9 Å². The summed E-state index contributed by atoms with van der Waals surface area (Å²) in [5.41, 5.74) is 8.27. The average molecular weight is 544 g/mol. The molecule has 1 saturated carbocycles. The largest absolute Gasteiger partial charge is 0.475 e. The first-order chi connectivity index (χ1) is 17.9. The van der Waals surface area contributed by atoms with Crippen LogP contribution in [0.1, 0.15) is 41.6 Å². The number of ether oxygens (including phenoxy) is 1. The molecule has 0 unspecified atom stereocenters. The lowest BCUT2D eigenvalue weighted by molar-refractivity contribution is 0.0705. The van der Waals surface area contributed by atoms with Gasteiger partial charge in [0.1, 0.15) is 5.82 Å². The van der Waals surface area contributed by atoms with Crippen molar-refractivity contribution in [2.75, 3.05) is 25.4 Å². The number of hydrogen-bond donors (Lipinski definition) is 2. The molecule has 1 aliphatic carbocycles. The fourth-order valence-electron chi connectivity index (χ4n) is 4.50. The predicted molar refractivity (Wildman–Crippen MR) is 143 cm³/mol. The zero-order valence-electron chi connectivity index (χ0n) is 20.2. The lowest BCUT2D eigenvalue weighted by Crippen LogP contribution is -2.45. The maximum absolute atomic E-state index is 13.8. The Kier molecular flexibility index (Phi) is 7.79. The minimum Gasteiger partial charge on any atom is -0.475 e. The van der Waals surface area contributed by atoms with Crippen molar-refractivity contribution in [1.82, 2.24) is 20.2 Å². The second-order valence-corrected chi connectivity index (χ2v) is 10.2. The maximum atomic E-state index is 13.8. The van der Waals surface area contributed by atoms with Crippen LogP contribution in [0.25, 0.3) is 11.3 Å². The highest BCUT2D eigenvalue weighted by atomic mass is 35.5. The number of benzene rings is 2. The third kappa shape index (κ3) is 6.14. The fraction of sp³-hybridized carbons (Fsp3) is 0.370. The normalized spacial score (nSPS) is 16.1. The van der Waals surface area contributed by atoms with E-state index in [0.717, 1.165) is 31.5 Å². The molecule has 1 saturated heterocycles. The summed E-state index contributed by atoms with van der Waals surface area (Å²) in [6, 6.07) is 11.2. The molecule has 0 spiro atoms. The Hall–Kier alpha value is -2.94. The number of anilines is 1. The van der Waals surface area contributed by atoms with Crippen LogP contribution < -0.4 is 15.8 Å². The third-order valence-corrected chi connectivity index (χ3v) is 7.50. The number of nitrogen functional groups attached to an aromatic ring is 1. The van der Waals surface area contributed by atoms with Crippen molar-refractivity contribution >= 4 is 34.9 Å². The van der Waals surface area contributed by atoms with Crippen molar-refractivity contribution in [3.05, 3.63) is 69.6 Å². The summed E-state index contributed by atoms with van der Waals surface area (Å²) in [6.07, 6.45) is 6.28. The van der Waals surface area contributed by atoms with Crippen molar-refractivity contribution < 1.29 is 13.9 Å². The first kappa shape index (κ1) is 25.7. The lowest BCUT2D eigenvalue weighted by Gasteiger charge is -2.32. The van der Waals surface area contributed by atoms with Crippen LogP contribution in [0, 0.1) is 5.82 Å². The van der Waals surface area contributed by atoms with Crippen molar-refractivity contribution in [3.63, 3.8) is 0 Å². The van der Waals surface area contributed by atoms with Crippen LogP contribution in [0.15, 0.2) is 42.6 Å². The number of carbonyl (C=O) groups is 1. The Balaban J connectivity index is 1.24. The van der Waals surface area contributed by atoms with Crippen LogP contribution in [-0.2, 0) is 6.42 Å². The summed E-state index contributed by atoms with van der Waals surface area (Å²) >= 11 is 12.2. The monoisotopic (exact) mass is 543 g/mol. The van der Waals surface area contributed by atoms with Crippen molar-refractivity contribution in [3.8, 4) is 17.1 Å². The van der Waals surface area contributed by atoms with Crippen LogP contribution >= 0.6 is 23.2 Å². The Morgan fingerprint density at radius 1 is 1.14 bits per heavy atom. The number of nitrogens with zero attached hydrogens (tertiary/aromatic N) is 3. The van der Waals surface area contributed by atoms with E-state index in [1.54, 1.807) is 6.20 Å². The minimum absolute atomic E-state index is 0.00968. The average Bonchev–Trinajstić information content (AvgIpc) is 3.73. The van der Waals surface area contributed by atoms with Crippen LogP contribution in [0.4, 0.5) is 10.2 Å². The molecule has 2 heterocycles. The molecule has 194 valence electrons. The summed E-state index contributed by atoms with van der Waals surface area (Å²) in [7, 11) is 0. The Labute approximate surface area is 225 Å². The second kappa shape index (κ2) is 11.2. The van der Waals surface area contributed by atoms with E-state index in [4.69, 9.17) is 33.7 Å². The van der Waals surface area contributed by atoms with Crippen LogP contribution in [0.5, 0.6) is 5.88 Å². The molecule has 37 heavy (non-hydrogen) atoms. The van der Waals surface area contributed by atoms with Gasteiger partial charge in [-0.1, -0.05) is 35.3 Å². The number of carbonyl (C=O) groups excluding carboxylic acids is 1. The number of piperidine rings is 1. The molecule has 3 aromatic rings. The van der Waals surface area contributed by atoms with E-state index < -0.39 is 5.82 Å². The topological polar surface area (TPSA) is 93.4 Å². The van der Waals surface area contributed by atoms with E-state index in [-0.39, 0.29) is 35.7 Å². The number of nitrogens with one attached hydrogen (secondary N) is 1. The van der Waals surface area contributed by atoms with Crippen LogP contribution in [0.3, 0.4) is 0 Å². The van der Waals surface area contributed by atoms with E-state index in [1.165, 1.54) is 25.0 Å². The van der Waals surface area contributed by atoms with Gasteiger partial charge >= 0.3 is 0 Å². The molecule has 3 N–H and O–H groups in total. The standard InChI is InChI=1S/C27H28Cl2FN5O2/c28-21-6-7-22(30)24(29)20(21)10-13-37-26-25(31)32-15-23(34-26)16-2-1-3-17(14-16)27(36)35-11-8-19(9-12-35)33-18-4-5-18/h1-3,6-7,14-15,18-19,33H,4-5,8-13H2,(H2,31,32). The number of nitrogens with two attached hydrogens (primary N) is 1. The number of amides is 1. The maximum Gasteiger partial charge on any atom is 0.257 e. The van der Waals surface area contributed by atoms with Crippen LogP contribution in [0.2, 0.25) is 10.0 Å². The number of rotatable bonds is 8. The number of hydrogen-bond acceptors (Lipinski definition) is 6. The Morgan fingerprint density at radius 3 is 2.65 bits per heavy atom. The van der Waals surface area contributed by atoms with Gasteiger partial charge in [0.15, 0.2) is 5.82 Å². The van der Waals surface area contributed by atoms with E-state index in [2.05, 4.69) is 15.3 Å². The highest BCUT2D eigenvalue weighted by Crippen LogP contribution is 2.29. The van der Waals surface area contributed by atoms with Gasteiger partial charge < -0.3 is 20.7 Å². The molecule has 1 aromatic heterocycles. The number of likely N-dealkylation sites (tertiary alicyclic amines) is 1. The summed E-state index contributed by atoms with van der Waals surface area (Å²) in [6.45, 7) is 1.61. The smallest absolute Gasteiger partial charge is 0.257 e. The first-order valence-electron chi connectivity index (χ1n) is 12.4. The molecular formula is C27H28Cl2FN5O2. The van der Waals surface area contributed by atoms with Gasteiger partial charge in [-0.25, -0.2) is 14.4 Å². The Bertz CT molecular complexity index is 1300. The molecule has 0 bridgehead atoms. The molecule has 1 amide bonds. The van der Waals surface area contributed by atoms with Gasteiger partial charge in [0, 0.05) is 47.7 Å². The highest BCUT2D eigenvalue weighted by Gasteiger charge is 2.29. The lowest BCUT2D eigenvalue weighted by atomic mass is 10.0. The quantitative estimate of drug-likeness (QED) is 0.381. The summed E-state index contributed by atoms with van der Waals surface area (Å²) in [4.78, 5) is 23.8. The molecule has 1 aliphatic heterocycles. The van der Waals surface area contributed by atoms with Crippen molar-refractivity contribution in [2.24, 2.45) is 0 Å². The predicted octanol–water partition coefficient (Wildman–Crippen LogP) is 5.15. The SMILES string of the molecule is Nc1ncc(-c2cccc(C(=O)N3CCC(NC4CC4)CC3)c2)nc1OCCc1c(Cl)ccc(F)c1Cl. The molecule has 5 rings (SSSR count). The zero-order chi connectivity index (χ0) is 25.9. The van der Waals surface area contributed by atoms with Gasteiger partial charge in [-0.3, -0.25) is 4.79 Å². The molecular weight excluding hydrogens is 516 g/mol. The zero-order valence-corrected chi connectivity index (χ0v) is 21.7. The van der Waals surface area contributed by atoms with E-state index in [1.807, 2.05) is 29.2 Å². The molecule has 0 atom stereocenters. The van der Waals surface area contributed by atoms with Gasteiger partial charge in [-0.15, -0.1) is 0 Å². The summed E-state index contributed by atoms with van der Waals surface area (Å²) in [5, 5.41) is 3.98. The number of aromatic nitrogens is 2. The van der Waals surface area contributed by atoms with Gasteiger partial charge in [0.2, 0.25) is 0 Å². The van der Waals surface area contributed by atoms with Crippen LogP contribution in [-0.4, -0.2) is 52.6 Å². The van der Waals surface area contributed by atoms with E-state index in [9.17, 15) is 9.18 Å². The molecule has 0 radical (unpaired) electrons. The second-order valence-electron chi connectivity index (χ2n) is 9.45. The minimum atomic E-state index is -0.545. The molecule has 2 aliphatic rings. The van der Waals surface area contributed by atoms with Crippen molar-refractivity contribution in [1.29, 1.82) is 0 Å². The fourth-order valence-corrected chi connectivity index (χ4v) is 5.06.